The summed E-state index contributed by atoms with van der Waals surface area (Å²) in [5.41, 5.74) is -1.05. The van der Waals surface area contributed by atoms with E-state index in [0.717, 1.165) is 5.32 Å². The van der Waals surface area contributed by atoms with E-state index >= 15 is 0 Å². The van der Waals surface area contributed by atoms with E-state index in [-0.39, 0.29) is 0 Å². The van der Waals surface area contributed by atoms with Crippen LogP contribution in [0.25, 0.3) is 0 Å². The lowest BCUT2D eigenvalue weighted by Gasteiger charge is -2.24. The molecule has 94 valence electrons. The fourth-order valence-electron chi connectivity index (χ4n) is 0.654. The number of ether oxygens (including phenoxy) is 1. The van der Waals surface area contributed by atoms with E-state index in [0.29, 0.717) is 0 Å². The van der Waals surface area contributed by atoms with Crippen LogP contribution in [0.4, 0.5) is 18.0 Å². The van der Waals surface area contributed by atoms with E-state index in [4.69, 9.17) is 5.11 Å². The monoisotopic (exact) mass is 243 g/mol. The van der Waals surface area contributed by atoms with Gasteiger partial charge in [0.2, 0.25) is 0 Å². The van der Waals surface area contributed by atoms with Crippen LogP contribution >= 0.6 is 0 Å². The first-order chi connectivity index (χ1) is 6.99. The molecule has 1 unspecified atom stereocenters. The number of nitrogens with one attached hydrogen (secondary N) is 1. The lowest BCUT2D eigenvalue weighted by molar-refractivity contribution is -0.166. The van der Waals surface area contributed by atoms with Crippen molar-refractivity contribution in [1.82, 2.24) is 5.32 Å². The van der Waals surface area contributed by atoms with E-state index < -0.39 is 29.9 Å². The first-order valence-electron chi connectivity index (χ1n) is 4.20. The summed E-state index contributed by atoms with van der Waals surface area (Å²) in [6, 6.07) is 0. The van der Waals surface area contributed by atoms with Crippen LogP contribution in [0.3, 0.4) is 0 Å². The summed E-state index contributed by atoms with van der Waals surface area (Å²) >= 11 is 0. The first-order valence-corrected chi connectivity index (χ1v) is 4.20. The van der Waals surface area contributed by atoms with Gasteiger partial charge in [-0.05, 0) is 20.8 Å². The molecular weight excluding hydrogens is 231 g/mol. The number of halogens is 3. The highest BCUT2D eigenvalue weighted by Crippen LogP contribution is 2.19. The van der Waals surface area contributed by atoms with Gasteiger partial charge in [-0.3, -0.25) is 5.32 Å². The minimum absolute atomic E-state index is 0.971. The molecule has 0 aromatic rings. The van der Waals surface area contributed by atoms with Gasteiger partial charge in [0.1, 0.15) is 5.60 Å². The Morgan fingerprint density at radius 3 is 2.00 bits per heavy atom. The topological polar surface area (TPSA) is 75.6 Å². The summed E-state index contributed by atoms with van der Waals surface area (Å²) in [4.78, 5) is 21.2. The van der Waals surface area contributed by atoms with Crippen LogP contribution in [0.5, 0.6) is 0 Å². The van der Waals surface area contributed by atoms with Gasteiger partial charge in [0.05, 0.1) is 0 Å². The summed E-state index contributed by atoms with van der Waals surface area (Å²) in [6.07, 6.45) is -5.48. The lowest BCUT2D eigenvalue weighted by Crippen LogP contribution is -2.57. The van der Waals surface area contributed by atoms with Gasteiger partial charge in [-0.25, -0.2) is 22.8 Å². The van der Waals surface area contributed by atoms with E-state index in [2.05, 4.69) is 4.74 Å². The van der Waals surface area contributed by atoms with Gasteiger partial charge in [0, 0.05) is 0 Å². The van der Waals surface area contributed by atoms with Crippen molar-refractivity contribution >= 4 is 12.1 Å². The van der Waals surface area contributed by atoms with Crippen molar-refractivity contribution in [2.24, 2.45) is 0 Å². The molecule has 0 radical (unpaired) electrons. The predicted octanol–water partition coefficient (Wildman–Crippen LogP) is 1.53. The number of hydrogen-bond donors (Lipinski definition) is 2. The number of carbonyl (C=O) groups is 2. The molecule has 16 heavy (non-hydrogen) atoms. The normalized spacial score (nSPS) is 15.4. The second kappa shape index (κ2) is 4.58. The molecule has 5 nitrogen and oxygen atoms in total. The fourth-order valence-corrected chi connectivity index (χ4v) is 0.654. The number of carbonyl (C=O) groups excluding carboxylic acids is 1. The molecule has 0 aliphatic rings. The third-order valence-electron chi connectivity index (χ3n) is 1.29. The number of alkyl carbamates (subject to hydrolysis) is 1. The SMILES string of the molecule is CC(C)(C)OC(=O)NC(F)(C(=O)O)C(F)F. The molecule has 0 aliphatic carbocycles. The Labute approximate surface area is 89.6 Å². The van der Waals surface area contributed by atoms with Gasteiger partial charge in [0.15, 0.2) is 0 Å². The van der Waals surface area contributed by atoms with Crippen molar-refractivity contribution in [2.45, 2.75) is 38.6 Å². The Balaban J connectivity index is 4.68. The average molecular weight is 243 g/mol. The van der Waals surface area contributed by atoms with E-state index in [9.17, 15) is 22.8 Å². The Morgan fingerprint density at radius 2 is 1.75 bits per heavy atom. The summed E-state index contributed by atoms with van der Waals surface area (Å²) in [5, 5.41) is 9.20. The molecule has 0 heterocycles. The Hall–Kier alpha value is -1.47. The molecule has 0 rings (SSSR count). The third-order valence-corrected chi connectivity index (χ3v) is 1.29. The predicted molar refractivity (Wildman–Crippen MR) is 46.8 cm³/mol. The van der Waals surface area contributed by atoms with Crippen molar-refractivity contribution in [3.63, 3.8) is 0 Å². The molecular formula is C8H12F3NO4. The average Bonchev–Trinajstić information content (AvgIpc) is 1.98. The summed E-state index contributed by atoms with van der Waals surface area (Å²) < 4.78 is 41.8. The van der Waals surface area contributed by atoms with Crippen LogP contribution in [0.2, 0.25) is 0 Å². The highest BCUT2D eigenvalue weighted by Gasteiger charge is 2.51. The van der Waals surface area contributed by atoms with Crippen molar-refractivity contribution in [3.8, 4) is 0 Å². The molecule has 0 aromatic heterocycles. The van der Waals surface area contributed by atoms with E-state index in [1.165, 1.54) is 20.8 Å². The number of aliphatic carboxylic acids is 1. The molecule has 1 amide bonds. The zero-order chi connectivity index (χ0) is 13.1. The zero-order valence-corrected chi connectivity index (χ0v) is 8.88. The molecule has 0 aliphatic heterocycles. The molecule has 0 aromatic carbocycles. The molecule has 2 N–H and O–H groups in total. The van der Waals surface area contributed by atoms with Crippen LogP contribution < -0.4 is 5.32 Å². The number of carboxylic acids is 1. The minimum Gasteiger partial charge on any atom is -0.477 e. The lowest BCUT2D eigenvalue weighted by atomic mass is 10.2. The number of hydrogen-bond acceptors (Lipinski definition) is 3. The maximum atomic E-state index is 13.1. The molecule has 0 bridgehead atoms. The molecule has 0 saturated heterocycles. The second-order valence-corrected chi connectivity index (χ2v) is 3.94. The Morgan fingerprint density at radius 1 is 1.31 bits per heavy atom. The van der Waals surface area contributed by atoms with Gasteiger partial charge in [0.25, 0.3) is 0 Å². The van der Waals surface area contributed by atoms with Gasteiger partial charge < -0.3 is 9.84 Å². The maximum absolute atomic E-state index is 13.1. The highest BCUT2D eigenvalue weighted by molar-refractivity contribution is 5.83. The number of rotatable bonds is 3. The van der Waals surface area contributed by atoms with E-state index in [1.807, 2.05) is 0 Å². The molecule has 0 spiro atoms. The quantitative estimate of drug-likeness (QED) is 0.737. The van der Waals surface area contributed by atoms with Crippen LogP contribution in [0.15, 0.2) is 0 Å². The summed E-state index contributed by atoms with van der Waals surface area (Å²) in [5.74, 6) is -6.64. The number of amides is 1. The van der Waals surface area contributed by atoms with Gasteiger partial charge in [-0.2, -0.15) is 0 Å². The Kier molecular flexibility index (Phi) is 4.16. The molecule has 8 heteroatoms. The van der Waals surface area contributed by atoms with Gasteiger partial charge in [-0.1, -0.05) is 0 Å². The largest absolute Gasteiger partial charge is 0.477 e. The maximum Gasteiger partial charge on any atom is 0.410 e. The minimum atomic E-state index is -4.15. The second-order valence-electron chi connectivity index (χ2n) is 3.94. The molecule has 0 fully saturated rings. The van der Waals surface area contributed by atoms with Crippen LogP contribution in [0, 0.1) is 0 Å². The number of carboxylic acid groups (broad SMARTS) is 1. The van der Waals surface area contributed by atoms with Crippen molar-refractivity contribution in [3.05, 3.63) is 0 Å². The smallest absolute Gasteiger partial charge is 0.410 e. The summed E-state index contributed by atoms with van der Waals surface area (Å²) in [6.45, 7) is 4.24. The fraction of sp³-hybridized carbons (Fsp3) is 0.750. The molecule has 1 atom stereocenters. The number of alkyl halides is 3. The van der Waals surface area contributed by atoms with Gasteiger partial charge in [-0.15, -0.1) is 0 Å². The van der Waals surface area contributed by atoms with Crippen LogP contribution in [-0.2, 0) is 9.53 Å². The first kappa shape index (κ1) is 14.5. The van der Waals surface area contributed by atoms with Crippen LogP contribution in [0.1, 0.15) is 20.8 Å². The standard InChI is InChI=1S/C8H12F3NO4/c1-7(2,3)16-6(15)12-8(11,4(9)10)5(13)14/h4H,1-3H3,(H,12,15)(H,13,14). The van der Waals surface area contributed by atoms with Crippen LogP contribution in [-0.4, -0.2) is 35.0 Å². The summed E-state index contributed by atoms with van der Waals surface area (Å²) in [7, 11) is 0. The molecule has 0 saturated carbocycles. The third kappa shape index (κ3) is 3.95. The zero-order valence-electron chi connectivity index (χ0n) is 8.88. The van der Waals surface area contributed by atoms with Gasteiger partial charge >= 0.3 is 24.3 Å². The van der Waals surface area contributed by atoms with Crippen molar-refractivity contribution in [1.29, 1.82) is 0 Å². The van der Waals surface area contributed by atoms with E-state index in [1.54, 1.807) is 0 Å². The van der Waals surface area contributed by atoms with Crippen molar-refractivity contribution < 1.29 is 32.6 Å². The van der Waals surface area contributed by atoms with Crippen molar-refractivity contribution in [2.75, 3.05) is 0 Å². The highest BCUT2D eigenvalue weighted by atomic mass is 19.3. The Bertz CT molecular complexity index is 289.